The Balaban J connectivity index is 3.59. The van der Waals surface area contributed by atoms with Crippen LogP contribution >= 0.6 is 11.6 Å². The Labute approximate surface area is 63.6 Å². The maximum Gasteiger partial charge on any atom is 0.0416 e. The van der Waals surface area contributed by atoms with E-state index in [9.17, 15) is 0 Å². The first-order valence-electron chi connectivity index (χ1n) is 3.67. The Kier molecular flexibility index (Phi) is 3.57. The van der Waals surface area contributed by atoms with Crippen molar-refractivity contribution in [2.24, 2.45) is 5.92 Å². The van der Waals surface area contributed by atoms with E-state index in [0.717, 1.165) is 0 Å². The third-order valence-corrected chi connectivity index (χ3v) is 2.27. The molecule has 0 radical (unpaired) electrons. The molecule has 1 heteroatoms. The topological polar surface area (TPSA) is 0 Å². The van der Waals surface area contributed by atoms with Crippen molar-refractivity contribution in [3.8, 4) is 0 Å². The lowest BCUT2D eigenvalue weighted by atomic mass is 9.93. The molecule has 0 aromatic heterocycles. The van der Waals surface area contributed by atoms with Crippen molar-refractivity contribution in [2.45, 2.75) is 45.4 Å². The van der Waals surface area contributed by atoms with E-state index in [0.29, 0.717) is 5.92 Å². The van der Waals surface area contributed by atoms with Crippen molar-refractivity contribution >= 4 is 11.6 Å². The van der Waals surface area contributed by atoms with Crippen LogP contribution in [0.5, 0.6) is 0 Å². The van der Waals surface area contributed by atoms with Gasteiger partial charge in [-0.25, -0.2) is 0 Å². The molecule has 0 nitrogen and oxygen atoms in total. The number of hydrogen-bond donors (Lipinski definition) is 0. The molecule has 0 aliphatic rings. The van der Waals surface area contributed by atoms with E-state index in [1.54, 1.807) is 0 Å². The second-order valence-electron chi connectivity index (χ2n) is 3.25. The van der Waals surface area contributed by atoms with Crippen molar-refractivity contribution < 1.29 is 0 Å². The van der Waals surface area contributed by atoms with Gasteiger partial charge in [-0.15, -0.1) is 11.6 Å². The summed E-state index contributed by atoms with van der Waals surface area (Å²) >= 11 is 6.06. The van der Waals surface area contributed by atoms with Crippen molar-refractivity contribution in [3.05, 3.63) is 0 Å². The van der Waals surface area contributed by atoms with Gasteiger partial charge in [0, 0.05) is 4.87 Å². The van der Waals surface area contributed by atoms with Crippen molar-refractivity contribution in [3.63, 3.8) is 0 Å². The minimum atomic E-state index is -0.0178. The molecule has 0 saturated heterocycles. The maximum atomic E-state index is 6.06. The first-order chi connectivity index (χ1) is 3.98. The molecule has 9 heavy (non-hydrogen) atoms. The third-order valence-electron chi connectivity index (χ3n) is 1.89. The van der Waals surface area contributed by atoms with Gasteiger partial charge in [0.15, 0.2) is 0 Å². The molecular formula is C8H17Cl. The van der Waals surface area contributed by atoms with Crippen LogP contribution in [0, 0.1) is 5.92 Å². The molecule has 0 bridgehead atoms. The lowest BCUT2D eigenvalue weighted by Gasteiger charge is -2.23. The zero-order chi connectivity index (χ0) is 7.49. The van der Waals surface area contributed by atoms with E-state index in [-0.39, 0.29) is 4.87 Å². The lowest BCUT2D eigenvalue weighted by Crippen LogP contribution is -2.21. The van der Waals surface area contributed by atoms with Crippen LogP contribution < -0.4 is 0 Å². The Morgan fingerprint density at radius 2 is 1.89 bits per heavy atom. The standard InChI is InChI=1S/C8H17Cl/c1-5-6-7(2)8(3,4)9/h7H,5-6H2,1-4H3. The number of alkyl halides is 1. The van der Waals surface area contributed by atoms with Crippen LogP contribution in [0.15, 0.2) is 0 Å². The summed E-state index contributed by atoms with van der Waals surface area (Å²) in [5.41, 5.74) is 0. The third kappa shape index (κ3) is 3.80. The van der Waals surface area contributed by atoms with E-state index in [2.05, 4.69) is 27.7 Å². The van der Waals surface area contributed by atoms with Gasteiger partial charge in [-0.1, -0.05) is 20.3 Å². The molecule has 0 spiro atoms. The Hall–Kier alpha value is 0.290. The van der Waals surface area contributed by atoms with E-state index >= 15 is 0 Å². The van der Waals surface area contributed by atoms with Crippen LogP contribution in [0.25, 0.3) is 0 Å². The summed E-state index contributed by atoms with van der Waals surface area (Å²) in [4.78, 5) is -0.0178. The van der Waals surface area contributed by atoms with Gasteiger partial charge in [0.2, 0.25) is 0 Å². The molecule has 1 atom stereocenters. The first-order valence-corrected chi connectivity index (χ1v) is 4.05. The molecule has 0 fully saturated rings. The van der Waals surface area contributed by atoms with Gasteiger partial charge in [-0.3, -0.25) is 0 Å². The van der Waals surface area contributed by atoms with Crippen molar-refractivity contribution in [2.75, 3.05) is 0 Å². The highest BCUT2D eigenvalue weighted by Crippen LogP contribution is 2.27. The van der Waals surface area contributed by atoms with E-state index in [4.69, 9.17) is 11.6 Å². The van der Waals surface area contributed by atoms with Crippen LogP contribution in [0.1, 0.15) is 40.5 Å². The van der Waals surface area contributed by atoms with Crippen LogP contribution in [0.2, 0.25) is 0 Å². The molecule has 0 aromatic carbocycles. The highest BCUT2D eigenvalue weighted by Gasteiger charge is 2.20. The number of halogens is 1. The molecule has 0 N–H and O–H groups in total. The quantitative estimate of drug-likeness (QED) is 0.538. The fourth-order valence-electron chi connectivity index (χ4n) is 0.776. The SMILES string of the molecule is CCCC(C)C(C)(C)Cl. The average Bonchev–Trinajstić information content (AvgIpc) is 1.64. The summed E-state index contributed by atoms with van der Waals surface area (Å²) in [7, 11) is 0. The minimum absolute atomic E-state index is 0.0178. The van der Waals surface area contributed by atoms with Gasteiger partial charge in [0.1, 0.15) is 0 Å². The van der Waals surface area contributed by atoms with Crippen molar-refractivity contribution in [1.29, 1.82) is 0 Å². The largest absolute Gasteiger partial charge is 0.120 e. The molecule has 0 heterocycles. The summed E-state index contributed by atoms with van der Waals surface area (Å²) in [6.45, 7) is 8.55. The summed E-state index contributed by atoms with van der Waals surface area (Å²) in [5.74, 6) is 0.629. The molecule has 0 aliphatic heterocycles. The lowest BCUT2D eigenvalue weighted by molar-refractivity contribution is 0.418. The minimum Gasteiger partial charge on any atom is -0.120 e. The van der Waals surface area contributed by atoms with Gasteiger partial charge >= 0.3 is 0 Å². The smallest absolute Gasteiger partial charge is 0.0416 e. The maximum absolute atomic E-state index is 6.06. The zero-order valence-electron chi connectivity index (χ0n) is 6.87. The summed E-state index contributed by atoms with van der Waals surface area (Å²) in [6.07, 6.45) is 2.47. The predicted molar refractivity (Wildman–Crippen MR) is 44.0 cm³/mol. The Morgan fingerprint density at radius 3 is 2.00 bits per heavy atom. The highest BCUT2D eigenvalue weighted by atomic mass is 35.5. The normalized spacial score (nSPS) is 15.7. The average molecular weight is 149 g/mol. The van der Waals surface area contributed by atoms with Crippen LogP contribution in [0.4, 0.5) is 0 Å². The van der Waals surface area contributed by atoms with Gasteiger partial charge < -0.3 is 0 Å². The van der Waals surface area contributed by atoms with E-state index in [1.807, 2.05) is 0 Å². The van der Waals surface area contributed by atoms with Crippen molar-refractivity contribution in [1.82, 2.24) is 0 Å². The van der Waals surface area contributed by atoms with Gasteiger partial charge in [-0.2, -0.15) is 0 Å². The molecule has 0 rings (SSSR count). The number of hydrogen-bond acceptors (Lipinski definition) is 0. The van der Waals surface area contributed by atoms with Crippen LogP contribution in [-0.2, 0) is 0 Å². The molecule has 56 valence electrons. The fraction of sp³-hybridized carbons (Fsp3) is 1.00. The molecule has 0 aliphatic carbocycles. The number of rotatable bonds is 3. The van der Waals surface area contributed by atoms with E-state index < -0.39 is 0 Å². The summed E-state index contributed by atoms with van der Waals surface area (Å²) in [5, 5.41) is 0. The Bertz CT molecular complexity index is 71.1. The fourth-order valence-corrected chi connectivity index (χ4v) is 0.885. The summed E-state index contributed by atoms with van der Waals surface area (Å²) < 4.78 is 0. The van der Waals surface area contributed by atoms with E-state index in [1.165, 1.54) is 12.8 Å². The molecule has 1 unspecified atom stereocenters. The van der Waals surface area contributed by atoms with Crippen LogP contribution in [-0.4, -0.2) is 4.87 Å². The molecule has 0 amide bonds. The first kappa shape index (κ1) is 9.29. The van der Waals surface area contributed by atoms with Crippen LogP contribution in [0.3, 0.4) is 0 Å². The van der Waals surface area contributed by atoms with Gasteiger partial charge in [0.25, 0.3) is 0 Å². The van der Waals surface area contributed by atoms with Gasteiger partial charge in [0.05, 0.1) is 0 Å². The zero-order valence-corrected chi connectivity index (χ0v) is 7.63. The molecule has 0 saturated carbocycles. The highest BCUT2D eigenvalue weighted by molar-refractivity contribution is 6.23. The second-order valence-corrected chi connectivity index (χ2v) is 4.23. The summed E-state index contributed by atoms with van der Waals surface area (Å²) in [6, 6.07) is 0. The molecule has 0 aromatic rings. The molecular weight excluding hydrogens is 132 g/mol. The predicted octanol–water partition coefficient (Wildman–Crippen LogP) is 3.44. The second kappa shape index (κ2) is 3.46. The monoisotopic (exact) mass is 148 g/mol. The van der Waals surface area contributed by atoms with Gasteiger partial charge in [-0.05, 0) is 26.2 Å². The Morgan fingerprint density at radius 1 is 1.44 bits per heavy atom.